The van der Waals surface area contributed by atoms with Gasteiger partial charge in [-0.25, -0.2) is 9.98 Å². The van der Waals surface area contributed by atoms with Crippen molar-refractivity contribution in [1.82, 2.24) is 9.55 Å². The number of nitrogens with one attached hydrogen (secondary N) is 1. The summed E-state index contributed by atoms with van der Waals surface area (Å²) in [7, 11) is 0. The van der Waals surface area contributed by atoms with Crippen LogP contribution in [0.15, 0.2) is 58.3 Å². The summed E-state index contributed by atoms with van der Waals surface area (Å²) in [6.45, 7) is 2.01. The number of fused-ring (bicyclic) bond motifs is 2. The molecule has 1 atom stereocenters. The predicted molar refractivity (Wildman–Crippen MR) is 90.6 cm³/mol. The fourth-order valence-corrected chi connectivity index (χ4v) is 2.76. The lowest BCUT2D eigenvalue weighted by Gasteiger charge is -2.25. The van der Waals surface area contributed by atoms with E-state index in [0.29, 0.717) is 16.9 Å². The first-order valence-electron chi connectivity index (χ1n) is 7.31. The van der Waals surface area contributed by atoms with E-state index in [1.807, 2.05) is 49.4 Å². The minimum atomic E-state index is -0.517. The van der Waals surface area contributed by atoms with Crippen molar-refractivity contribution in [3.05, 3.63) is 70.0 Å². The summed E-state index contributed by atoms with van der Waals surface area (Å²) >= 11 is 0. The van der Waals surface area contributed by atoms with Gasteiger partial charge in [0.15, 0.2) is 12.1 Å². The fraction of sp³-hybridized carbons (Fsp3) is 0.118. The van der Waals surface area contributed by atoms with Crippen LogP contribution in [0.2, 0.25) is 0 Å². The molecule has 23 heavy (non-hydrogen) atoms. The molecule has 3 N–H and O–H groups in total. The van der Waals surface area contributed by atoms with E-state index < -0.39 is 6.17 Å². The van der Waals surface area contributed by atoms with E-state index in [2.05, 4.69) is 15.3 Å². The largest absolute Gasteiger partial charge is 0.370 e. The number of hydrogen-bond donors (Lipinski definition) is 2. The molecule has 1 aromatic heterocycles. The minimum Gasteiger partial charge on any atom is -0.370 e. The van der Waals surface area contributed by atoms with Gasteiger partial charge >= 0.3 is 0 Å². The van der Waals surface area contributed by atoms with Crippen molar-refractivity contribution in [2.75, 3.05) is 5.32 Å². The van der Waals surface area contributed by atoms with E-state index in [1.54, 1.807) is 10.6 Å². The van der Waals surface area contributed by atoms with Crippen LogP contribution in [0.25, 0.3) is 10.9 Å². The highest BCUT2D eigenvalue weighted by atomic mass is 16.1. The number of nitrogens with zero attached hydrogens (tertiary/aromatic N) is 3. The third-order valence-corrected chi connectivity index (χ3v) is 3.93. The molecule has 2 heterocycles. The third-order valence-electron chi connectivity index (χ3n) is 3.93. The molecule has 1 aliphatic rings. The average molecular weight is 305 g/mol. The van der Waals surface area contributed by atoms with Crippen molar-refractivity contribution in [1.29, 1.82) is 0 Å². The van der Waals surface area contributed by atoms with Crippen LogP contribution in [0.1, 0.15) is 17.3 Å². The van der Waals surface area contributed by atoms with Gasteiger partial charge in [-0.15, -0.1) is 0 Å². The van der Waals surface area contributed by atoms with Gasteiger partial charge in [0.05, 0.1) is 10.9 Å². The number of aliphatic imine (C=N–C) groups is 1. The van der Waals surface area contributed by atoms with Crippen molar-refractivity contribution < 1.29 is 0 Å². The van der Waals surface area contributed by atoms with Gasteiger partial charge in [-0.2, -0.15) is 0 Å². The molecule has 0 spiro atoms. The first-order valence-corrected chi connectivity index (χ1v) is 7.31. The zero-order chi connectivity index (χ0) is 16.0. The lowest BCUT2D eigenvalue weighted by molar-refractivity contribution is 0.583. The summed E-state index contributed by atoms with van der Waals surface area (Å²) in [4.78, 5) is 21.8. The Labute approximate surface area is 132 Å². The van der Waals surface area contributed by atoms with Gasteiger partial charge in [0.1, 0.15) is 0 Å². The molecule has 0 amide bonds. The smallest absolute Gasteiger partial charge is 0.264 e. The number of aryl methyl sites for hydroxylation is 1. The van der Waals surface area contributed by atoms with Gasteiger partial charge in [0.2, 0.25) is 5.95 Å². The van der Waals surface area contributed by atoms with E-state index in [-0.39, 0.29) is 11.5 Å². The SMILES string of the molecule is Cc1ccc(C2N=C(N)Nc3nc4ccccc4c(=O)n32)cc1. The number of benzene rings is 2. The zero-order valence-electron chi connectivity index (χ0n) is 12.5. The van der Waals surface area contributed by atoms with Gasteiger partial charge in [0.25, 0.3) is 5.56 Å². The number of guanidine groups is 1. The molecule has 6 heteroatoms. The Morgan fingerprint density at radius 3 is 2.65 bits per heavy atom. The molecule has 3 aromatic rings. The van der Waals surface area contributed by atoms with Crippen molar-refractivity contribution in [2.24, 2.45) is 10.7 Å². The Kier molecular flexibility index (Phi) is 2.90. The summed E-state index contributed by atoms with van der Waals surface area (Å²) in [6, 6.07) is 15.1. The summed E-state index contributed by atoms with van der Waals surface area (Å²) in [5.41, 5.74) is 8.41. The molecule has 1 unspecified atom stereocenters. The van der Waals surface area contributed by atoms with Crippen molar-refractivity contribution >= 4 is 22.8 Å². The van der Waals surface area contributed by atoms with Crippen molar-refractivity contribution in [3.8, 4) is 0 Å². The molecule has 0 saturated heterocycles. The molecule has 0 aliphatic carbocycles. The fourth-order valence-electron chi connectivity index (χ4n) is 2.76. The third kappa shape index (κ3) is 2.15. The highest BCUT2D eigenvalue weighted by molar-refractivity contribution is 5.93. The Morgan fingerprint density at radius 2 is 1.87 bits per heavy atom. The maximum absolute atomic E-state index is 12.9. The number of anilines is 1. The first kappa shape index (κ1) is 13.5. The van der Waals surface area contributed by atoms with Crippen LogP contribution in [0, 0.1) is 6.92 Å². The molecule has 6 nitrogen and oxygen atoms in total. The van der Waals surface area contributed by atoms with Gasteiger partial charge in [0, 0.05) is 0 Å². The number of para-hydroxylation sites is 1. The second kappa shape index (κ2) is 4.95. The molecular formula is C17H15N5O. The number of rotatable bonds is 1. The summed E-state index contributed by atoms with van der Waals surface area (Å²) in [5.74, 6) is 0.657. The Balaban J connectivity index is 2.00. The molecule has 0 radical (unpaired) electrons. The van der Waals surface area contributed by atoms with E-state index in [4.69, 9.17) is 5.73 Å². The lowest BCUT2D eigenvalue weighted by Crippen LogP contribution is -2.38. The molecule has 4 rings (SSSR count). The topological polar surface area (TPSA) is 85.3 Å². The molecule has 0 bridgehead atoms. The molecule has 114 valence electrons. The summed E-state index contributed by atoms with van der Waals surface area (Å²) in [6.07, 6.45) is -0.517. The number of hydrogen-bond acceptors (Lipinski definition) is 5. The van der Waals surface area contributed by atoms with Crippen LogP contribution >= 0.6 is 0 Å². The van der Waals surface area contributed by atoms with Crippen LogP contribution in [0.3, 0.4) is 0 Å². The van der Waals surface area contributed by atoms with Gasteiger partial charge in [-0.1, -0.05) is 42.0 Å². The van der Waals surface area contributed by atoms with Crippen LogP contribution < -0.4 is 16.6 Å². The summed E-state index contributed by atoms with van der Waals surface area (Å²) < 4.78 is 1.54. The van der Waals surface area contributed by atoms with Crippen LogP contribution in [-0.2, 0) is 0 Å². The summed E-state index contributed by atoms with van der Waals surface area (Å²) in [5, 5.41) is 3.44. The Hall–Kier alpha value is -3.15. The molecule has 1 aliphatic heterocycles. The number of aromatic nitrogens is 2. The Morgan fingerprint density at radius 1 is 1.13 bits per heavy atom. The van der Waals surface area contributed by atoms with Crippen LogP contribution in [0.5, 0.6) is 0 Å². The average Bonchev–Trinajstić information content (AvgIpc) is 2.55. The van der Waals surface area contributed by atoms with Crippen LogP contribution in [0.4, 0.5) is 5.95 Å². The second-order valence-electron chi connectivity index (χ2n) is 5.55. The van der Waals surface area contributed by atoms with Gasteiger partial charge < -0.3 is 5.73 Å². The minimum absolute atomic E-state index is 0.139. The predicted octanol–water partition coefficient (Wildman–Crippen LogP) is 1.99. The molecule has 0 saturated carbocycles. The van der Waals surface area contributed by atoms with E-state index in [9.17, 15) is 4.79 Å². The Bertz CT molecular complexity index is 988. The monoisotopic (exact) mass is 305 g/mol. The van der Waals surface area contributed by atoms with E-state index in [1.165, 1.54) is 0 Å². The zero-order valence-corrected chi connectivity index (χ0v) is 12.5. The van der Waals surface area contributed by atoms with Crippen LogP contribution in [-0.4, -0.2) is 15.5 Å². The highest BCUT2D eigenvalue weighted by Gasteiger charge is 2.24. The van der Waals surface area contributed by atoms with Crippen molar-refractivity contribution in [3.63, 3.8) is 0 Å². The van der Waals surface area contributed by atoms with E-state index >= 15 is 0 Å². The normalized spacial score (nSPS) is 16.6. The first-order chi connectivity index (χ1) is 11.1. The number of nitrogens with two attached hydrogens (primary N) is 1. The quantitative estimate of drug-likeness (QED) is 0.720. The molecule has 2 aromatic carbocycles. The standard InChI is InChI=1S/C17H15N5O/c1-10-6-8-11(9-7-10)14-20-16(18)21-17-19-13-5-3-2-4-12(13)15(23)22(14)17/h2-9,14H,1H3,(H3,18,19,20,21). The van der Waals surface area contributed by atoms with Crippen molar-refractivity contribution in [2.45, 2.75) is 13.1 Å². The van der Waals surface area contributed by atoms with Gasteiger partial charge in [-0.05, 0) is 24.6 Å². The van der Waals surface area contributed by atoms with E-state index in [0.717, 1.165) is 11.1 Å². The second-order valence-corrected chi connectivity index (χ2v) is 5.55. The maximum Gasteiger partial charge on any atom is 0.264 e. The van der Waals surface area contributed by atoms with Gasteiger partial charge in [-0.3, -0.25) is 14.7 Å². The molecular weight excluding hydrogens is 290 g/mol. The maximum atomic E-state index is 12.9. The lowest BCUT2D eigenvalue weighted by atomic mass is 10.1. The molecule has 0 fully saturated rings. The highest BCUT2D eigenvalue weighted by Crippen LogP contribution is 2.26.